The number of halogens is 1. The van der Waals surface area contributed by atoms with Gasteiger partial charge < -0.3 is 25.7 Å². The number of carbonyl (C=O) groups is 1. The third-order valence-corrected chi connectivity index (χ3v) is 3.88. The van der Waals surface area contributed by atoms with Crippen molar-refractivity contribution in [3.05, 3.63) is 35.5 Å². The van der Waals surface area contributed by atoms with Crippen LogP contribution in [0.15, 0.2) is 29.4 Å². The highest BCUT2D eigenvalue weighted by molar-refractivity contribution is 14.0. The fraction of sp³-hybridized carbons (Fsp3) is 0.444. The second-order valence-electron chi connectivity index (χ2n) is 5.81. The number of nitrogens with zero attached hydrogens (tertiary/aromatic N) is 1. The van der Waals surface area contributed by atoms with Crippen LogP contribution in [0, 0.1) is 6.92 Å². The number of aromatic amines is 1. The van der Waals surface area contributed by atoms with E-state index in [0.717, 1.165) is 18.5 Å². The fourth-order valence-corrected chi connectivity index (χ4v) is 2.56. The zero-order valence-electron chi connectivity index (χ0n) is 15.5. The van der Waals surface area contributed by atoms with Crippen LogP contribution < -0.4 is 16.0 Å². The van der Waals surface area contributed by atoms with Crippen molar-refractivity contribution in [2.75, 3.05) is 40.4 Å². The third kappa shape index (κ3) is 6.83. The molecule has 1 heterocycles. The molecule has 0 fully saturated rings. The molecule has 0 bridgehead atoms. The number of carbonyl (C=O) groups excluding carboxylic acids is 1. The van der Waals surface area contributed by atoms with Crippen LogP contribution in [0.3, 0.4) is 0 Å². The predicted molar refractivity (Wildman–Crippen MR) is 116 cm³/mol. The summed E-state index contributed by atoms with van der Waals surface area (Å²) in [6.07, 6.45) is 2.91. The Hall–Kier alpha value is -1.81. The molecule has 0 unspecified atom stereocenters. The van der Waals surface area contributed by atoms with Gasteiger partial charge in [0.1, 0.15) is 0 Å². The molecule has 0 atom stereocenters. The van der Waals surface area contributed by atoms with Gasteiger partial charge in [-0.25, -0.2) is 0 Å². The molecule has 8 heteroatoms. The standard InChI is InChI=1S/C18H27N5O2.HI/c1-13-4-5-15-14(11-22-16(15)10-13)6-7-21-18(19-2)23-12-17(24)20-8-9-25-3;/h4-5,10-11,22H,6-9,12H2,1-3H3,(H,20,24)(H2,19,21,23);1H. The first kappa shape index (κ1) is 22.2. The molecule has 2 rings (SSSR count). The first-order chi connectivity index (χ1) is 12.1. The number of aromatic nitrogens is 1. The second kappa shape index (κ2) is 11.7. The van der Waals surface area contributed by atoms with Crippen molar-refractivity contribution < 1.29 is 9.53 Å². The lowest BCUT2D eigenvalue weighted by Crippen LogP contribution is -2.44. The summed E-state index contributed by atoms with van der Waals surface area (Å²) in [6.45, 7) is 4.00. The van der Waals surface area contributed by atoms with Crippen molar-refractivity contribution in [2.24, 2.45) is 4.99 Å². The predicted octanol–water partition coefficient (Wildman–Crippen LogP) is 1.56. The van der Waals surface area contributed by atoms with E-state index in [0.29, 0.717) is 19.1 Å². The lowest BCUT2D eigenvalue weighted by molar-refractivity contribution is -0.120. The number of fused-ring (bicyclic) bond motifs is 1. The maximum atomic E-state index is 11.7. The van der Waals surface area contributed by atoms with Crippen LogP contribution in [0.4, 0.5) is 0 Å². The zero-order valence-corrected chi connectivity index (χ0v) is 17.8. The Kier molecular flexibility index (Phi) is 10.0. The van der Waals surface area contributed by atoms with Gasteiger partial charge >= 0.3 is 0 Å². The quantitative estimate of drug-likeness (QED) is 0.203. The van der Waals surface area contributed by atoms with Gasteiger partial charge in [-0.2, -0.15) is 0 Å². The third-order valence-electron chi connectivity index (χ3n) is 3.88. The topological polar surface area (TPSA) is 90.5 Å². The molecule has 0 radical (unpaired) electrons. The average Bonchev–Trinajstić information content (AvgIpc) is 3.00. The van der Waals surface area contributed by atoms with Crippen molar-refractivity contribution in [2.45, 2.75) is 13.3 Å². The number of ether oxygens (including phenoxy) is 1. The molecule has 2 aromatic rings. The maximum absolute atomic E-state index is 11.7. The number of hydrogen-bond donors (Lipinski definition) is 4. The number of H-pyrrole nitrogens is 1. The van der Waals surface area contributed by atoms with E-state index in [1.165, 1.54) is 16.5 Å². The first-order valence-corrected chi connectivity index (χ1v) is 8.41. The monoisotopic (exact) mass is 473 g/mol. The van der Waals surface area contributed by atoms with Crippen molar-refractivity contribution in [3.63, 3.8) is 0 Å². The molecule has 0 spiro atoms. The van der Waals surface area contributed by atoms with Gasteiger partial charge in [0.25, 0.3) is 0 Å². The van der Waals surface area contributed by atoms with Crippen LogP contribution in [0.1, 0.15) is 11.1 Å². The van der Waals surface area contributed by atoms with Gasteiger partial charge in [-0.15, -0.1) is 24.0 Å². The largest absolute Gasteiger partial charge is 0.383 e. The average molecular weight is 473 g/mol. The number of rotatable bonds is 8. The summed E-state index contributed by atoms with van der Waals surface area (Å²) in [5.41, 5.74) is 3.66. The summed E-state index contributed by atoms with van der Waals surface area (Å²) in [6, 6.07) is 6.42. The Bertz CT molecular complexity index is 729. The summed E-state index contributed by atoms with van der Waals surface area (Å²) in [7, 11) is 3.29. The normalized spacial score (nSPS) is 11.1. The second-order valence-corrected chi connectivity index (χ2v) is 5.81. The molecule has 0 aliphatic rings. The summed E-state index contributed by atoms with van der Waals surface area (Å²) in [4.78, 5) is 19.1. The molecule has 144 valence electrons. The number of methoxy groups -OCH3 is 1. The van der Waals surface area contributed by atoms with Gasteiger partial charge in [0.2, 0.25) is 5.91 Å². The van der Waals surface area contributed by atoms with E-state index >= 15 is 0 Å². The molecule has 1 amide bonds. The Morgan fingerprint density at radius 1 is 1.23 bits per heavy atom. The van der Waals surface area contributed by atoms with Gasteiger partial charge in [-0.1, -0.05) is 12.1 Å². The van der Waals surface area contributed by atoms with E-state index in [-0.39, 0.29) is 36.4 Å². The molecular weight excluding hydrogens is 445 g/mol. The van der Waals surface area contributed by atoms with Crippen molar-refractivity contribution >= 4 is 46.7 Å². The van der Waals surface area contributed by atoms with Gasteiger partial charge in [0, 0.05) is 44.3 Å². The molecule has 0 saturated carbocycles. The first-order valence-electron chi connectivity index (χ1n) is 8.41. The molecule has 4 N–H and O–H groups in total. The van der Waals surface area contributed by atoms with Crippen LogP contribution in [-0.2, 0) is 16.0 Å². The number of amides is 1. The maximum Gasteiger partial charge on any atom is 0.239 e. The molecule has 1 aromatic carbocycles. The fourth-order valence-electron chi connectivity index (χ4n) is 2.56. The Balaban J connectivity index is 0.00000338. The smallest absolute Gasteiger partial charge is 0.239 e. The summed E-state index contributed by atoms with van der Waals surface area (Å²) < 4.78 is 4.89. The number of hydrogen-bond acceptors (Lipinski definition) is 3. The van der Waals surface area contributed by atoms with Crippen molar-refractivity contribution in [1.29, 1.82) is 0 Å². The van der Waals surface area contributed by atoms with Crippen LogP contribution in [0.5, 0.6) is 0 Å². The molecule has 1 aromatic heterocycles. The van der Waals surface area contributed by atoms with Crippen LogP contribution >= 0.6 is 24.0 Å². The highest BCUT2D eigenvalue weighted by Gasteiger charge is 2.05. The van der Waals surface area contributed by atoms with Crippen LogP contribution in [-0.4, -0.2) is 57.2 Å². The lowest BCUT2D eigenvalue weighted by atomic mass is 10.1. The van der Waals surface area contributed by atoms with Gasteiger partial charge in [0.05, 0.1) is 13.2 Å². The number of benzene rings is 1. The molecule has 7 nitrogen and oxygen atoms in total. The number of guanidine groups is 1. The molecular formula is C18H28IN5O2. The Morgan fingerprint density at radius 2 is 2.04 bits per heavy atom. The van der Waals surface area contributed by atoms with Crippen molar-refractivity contribution in [1.82, 2.24) is 20.9 Å². The van der Waals surface area contributed by atoms with Gasteiger partial charge in [-0.3, -0.25) is 9.79 Å². The van der Waals surface area contributed by atoms with E-state index in [2.05, 4.69) is 51.0 Å². The van der Waals surface area contributed by atoms with E-state index in [4.69, 9.17) is 4.74 Å². The van der Waals surface area contributed by atoms with E-state index < -0.39 is 0 Å². The van der Waals surface area contributed by atoms with Crippen LogP contribution in [0.25, 0.3) is 10.9 Å². The number of nitrogens with one attached hydrogen (secondary N) is 4. The van der Waals surface area contributed by atoms with Gasteiger partial charge in [-0.05, 0) is 30.5 Å². The minimum absolute atomic E-state index is 0. The Morgan fingerprint density at radius 3 is 2.77 bits per heavy atom. The number of aliphatic imine (C=N–C) groups is 1. The Labute approximate surface area is 171 Å². The highest BCUT2D eigenvalue weighted by Crippen LogP contribution is 2.19. The molecule has 0 saturated heterocycles. The van der Waals surface area contributed by atoms with E-state index in [9.17, 15) is 4.79 Å². The molecule has 0 aliphatic carbocycles. The minimum atomic E-state index is -0.0907. The van der Waals surface area contributed by atoms with E-state index in [1.54, 1.807) is 14.2 Å². The molecule has 26 heavy (non-hydrogen) atoms. The van der Waals surface area contributed by atoms with E-state index in [1.807, 2.05) is 6.20 Å². The summed E-state index contributed by atoms with van der Waals surface area (Å²) >= 11 is 0. The lowest BCUT2D eigenvalue weighted by Gasteiger charge is -2.11. The van der Waals surface area contributed by atoms with Crippen molar-refractivity contribution in [3.8, 4) is 0 Å². The van der Waals surface area contributed by atoms with Crippen LogP contribution in [0.2, 0.25) is 0 Å². The minimum Gasteiger partial charge on any atom is -0.383 e. The SMILES string of the molecule is CN=C(NCCc1c[nH]c2cc(C)ccc12)NCC(=O)NCCOC.I. The molecule has 0 aliphatic heterocycles. The van der Waals surface area contributed by atoms with Gasteiger partial charge in [0.15, 0.2) is 5.96 Å². The highest BCUT2D eigenvalue weighted by atomic mass is 127. The number of aryl methyl sites for hydroxylation is 1. The zero-order chi connectivity index (χ0) is 18.1. The summed E-state index contributed by atoms with van der Waals surface area (Å²) in [5.74, 6) is 0.518. The summed E-state index contributed by atoms with van der Waals surface area (Å²) in [5, 5.41) is 10.2.